The van der Waals surface area contributed by atoms with Crippen molar-refractivity contribution in [3.63, 3.8) is 0 Å². The van der Waals surface area contributed by atoms with Gasteiger partial charge in [-0.3, -0.25) is 9.00 Å². The third kappa shape index (κ3) is 7.74. The van der Waals surface area contributed by atoms with E-state index < -0.39 is 28.7 Å². The van der Waals surface area contributed by atoms with Gasteiger partial charge in [-0.2, -0.15) is 13.2 Å². The van der Waals surface area contributed by atoms with Crippen molar-refractivity contribution in [1.82, 2.24) is 0 Å². The molecule has 0 aliphatic heterocycles. The van der Waals surface area contributed by atoms with Gasteiger partial charge in [0.15, 0.2) is 0 Å². The van der Waals surface area contributed by atoms with E-state index in [0.717, 1.165) is 10.5 Å². The zero-order valence-electron chi connectivity index (χ0n) is 12.8. The van der Waals surface area contributed by atoms with Crippen molar-refractivity contribution < 1.29 is 31.3 Å². The van der Waals surface area contributed by atoms with Gasteiger partial charge in [0.25, 0.3) is 0 Å². The minimum absolute atomic E-state index is 0.104. The highest BCUT2D eigenvalue weighted by molar-refractivity contribution is 9.10. The molecule has 0 fully saturated rings. The second-order valence-corrected chi connectivity index (χ2v) is 7.35. The van der Waals surface area contributed by atoms with Gasteiger partial charge in [-0.05, 0) is 30.3 Å². The highest BCUT2D eigenvalue weighted by atomic mass is 79.9. The number of hydrogen-bond donors (Lipinski definition) is 0. The smallest absolute Gasteiger partial charge is 0.449 e. The van der Waals surface area contributed by atoms with Crippen LogP contribution < -0.4 is 0 Å². The maximum absolute atomic E-state index is 11.8. The number of methoxy groups -OCH3 is 1. The molecule has 0 bridgehead atoms. The molecule has 1 aromatic heterocycles. The lowest BCUT2D eigenvalue weighted by Gasteiger charge is -2.01. The van der Waals surface area contributed by atoms with Gasteiger partial charge in [0, 0.05) is 9.37 Å². The van der Waals surface area contributed by atoms with Crippen LogP contribution >= 0.6 is 31.9 Å². The van der Waals surface area contributed by atoms with Crippen LogP contribution in [-0.4, -0.2) is 23.0 Å². The molecule has 0 spiro atoms. The summed E-state index contributed by atoms with van der Waals surface area (Å²) in [7, 11) is -0.0500. The predicted molar refractivity (Wildman–Crippen MR) is 93.8 cm³/mol. The van der Waals surface area contributed by atoms with E-state index >= 15 is 0 Å². The first-order chi connectivity index (χ1) is 11.7. The summed E-state index contributed by atoms with van der Waals surface area (Å²) in [4.78, 5) is 11.5. The van der Waals surface area contributed by atoms with E-state index in [4.69, 9.17) is 0 Å². The summed E-state index contributed by atoms with van der Waals surface area (Å²) in [5.41, 5.74) is 0. The van der Waals surface area contributed by atoms with Crippen LogP contribution in [-0.2, 0) is 31.8 Å². The van der Waals surface area contributed by atoms with E-state index in [2.05, 4.69) is 41.0 Å². The molecular formula is C15H13Br2F3O4S. The van der Waals surface area contributed by atoms with Gasteiger partial charge < -0.3 is 9.15 Å². The van der Waals surface area contributed by atoms with Crippen LogP contribution in [0.5, 0.6) is 0 Å². The Hall–Kier alpha value is -1.13. The monoisotopic (exact) mass is 504 g/mol. The van der Waals surface area contributed by atoms with E-state index in [0.29, 0.717) is 10.2 Å². The van der Waals surface area contributed by atoms with Crippen LogP contribution in [0.1, 0.15) is 11.5 Å². The quantitative estimate of drug-likeness (QED) is 0.437. The lowest BCUT2D eigenvalue weighted by molar-refractivity contribution is -0.153. The lowest BCUT2D eigenvalue weighted by Crippen LogP contribution is -2.11. The second kappa shape index (κ2) is 10.1. The van der Waals surface area contributed by atoms with Crippen LogP contribution in [0.15, 0.2) is 50.2 Å². The Morgan fingerprint density at radius 1 is 1.28 bits per heavy atom. The standard InChI is InChI=1S/C9H9BrO3S.C6H4BrF3O/c1-13-9(11)6-14(12)8-4-2-3-7(10)5-8;7-3-4-1-2-5(11-4)6(8,9)10/h2-5H,6H2,1H3;1-2H,3H2. The molecule has 2 aromatic rings. The van der Waals surface area contributed by atoms with Crippen molar-refractivity contribution in [2.24, 2.45) is 0 Å². The Labute approximate surface area is 161 Å². The van der Waals surface area contributed by atoms with Crippen molar-refractivity contribution in [2.75, 3.05) is 12.9 Å². The summed E-state index contributed by atoms with van der Waals surface area (Å²) in [5.74, 6) is -1.25. The van der Waals surface area contributed by atoms with Crippen molar-refractivity contribution >= 4 is 48.6 Å². The summed E-state index contributed by atoms with van der Waals surface area (Å²) in [6, 6.07) is 9.24. The Bertz CT molecular complexity index is 732. The maximum atomic E-state index is 11.8. The van der Waals surface area contributed by atoms with E-state index in [9.17, 15) is 22.2 Å². The van der Waals surface area contributed by atoms with Crippen LogP contribution in [0.3, 0.4) is 0 Å². The molecule has 0 amide bonds. The fourth-order valence-corrected chi connectivity index (χ4v) is 3.30. The largest absolute Gasteiger partial charge is 0.468 e. The van der Waals surface area contributed by atoms with Crippen molar-refractivity contribution in [3.8, 4) is 0 Å². The molecule has 2 rings (SSSR count). The Kier molecular flexibility index (Phi) is 8.87. The minimum atomic E-state index is -4.37. The number of ether oxygens (including phenoxy) is 1. The summed E-state index contributed by atoms with van der Waals surface area (Å²) in [6.07, 6.45) is -4.37. The van der Waals surface area contributed by atoms with Gasteiger partial charge in [-0.15, -0.1) is 0 Å². The second-order valence-electron chi connectivity index (χ2n) is 4.42. The molecule has 138 valence electrons. The summed E-state index contributed by atoms with van der Waals surface area (Å²) in [5, 5.41) is 0.295. The average Bonchev–Trinajstić information content (AvgIpc) is 3.04. The molecule has 0 radical (unpaired) electrons. The molecule has 4 nitrogen and oxygen atoms in total. The molecule has 1 heterocycles. The fraction of sp³-hybridized carbons (Fsp3) is 0.267. The fourth-order valence-electron chi connectivity index (χ4n) is 1.46. The van der Waals surface area contributed by atoms with Crippen LogP contribution in [0, 0.1) is 0 Å². The summed E-state index contributed by atoms with van der Waals surface area (Å²) in [6.45, 7) is 0. The topological polar surface area (TPSA) is 56.5 Å². The molecule has 0 saturated heterocycles. The highest BCUT2D eigenvalue weighted by Gasteiger charge is 2.34. The van der Waals surface area contributed by atoms with Gasteiger partial charge in [-0.1, -0.05) is 37.9 Å². The minimum Gasteiger partial charge on any atom is -0.468 e. The number of furan rings is 1. The van der Waals surface area contributed by atoms with Crippen LogP contribution in [0.2, 0.25) is 0 Å². The number of alkyl halides is 4. The van der Waals surface area contributed by atoms with E-state index in [1.807, 2.05) is 6.07 Å². The first-order valence-electron chi connectivity index (χ1n) is 6.60. The Morgan fingerprint density at radius 2 is 1.96 bits per heavy atom. The van der Waals surface area contributed by atoms with E-state index in [-0.39, 0.29) is 11.5 Å². The summed E-state index contributed by atoms with van der Waals surface area (Å²) < 4.78 is 56.7. The van der Waals surface area contributed by atoms with Crippen LogP contribution in [0.25, 0.3) is 0 Å². The molecule has 0 aliphatic rings. The molecule has 0 saturated carbocycles. The average molecular weight is 506 g/mol. The molecule has 1 atom stereocenters. The lowest BCUT2D eigenvalue weighted by atomic mass is 10.4. The molecule has 10 heteroatoms. The maximum Gasteiger partial charge on any atom is 0.449 e. The SMILES string of the molecule is COC(=O)CS(=O)c1cccc(Br)c1.FC(F)(F)c1ccc(CBr)o1. The number of halogens is 5. The van der Waals surface area contributed by atoms with Gasteiger partial charge in [0.05, 0.1) is 23.2 Å². The van der Waals surface area contributed by atoms with Gasteiger partial charge in [-0.25, -0.2) is 0 Å². The number of esters is 1. The Balaban J connectivity index is 0.000000257. The number of carbonyl (C=O) groups excluding carboxylic acids is 1. The summed E-state index contributed by atoms with van der Waals surface area (Å²) >= 11 is 6.24. The first kappa shape index (κ1) is 21.9. The third-order valence-electron chi connectivity index (χ3n) is 2.61. The molecular weight excluding hydrogens is 493 g/mol. The van der Waals surface area contributed by atoms with Crippen molar-refractivity contribution in [3.05, 3.63) is 52.4 Å². The van der Waals surface area contributed by atoms with Crippen molar-refractivity contribution in [1.29, 1.82) is 0 Å². The van der Waals surface area contributed by atoms with Gasteiger partial charge in [0.1, 0.15) is 11.5 Å². The van der Waals surface area contributed by atoms with Gasteiger partial charge in [0.2, 0.25) is 5.76 Å². The van der Waals surface area contributed by atoms with E-state index in [1.54, 1.807) is 18.2 Å². The highest BCUT2D eigenvalue weighted by Crippen LogP contribution is 2.30. The molecule has 25 heavy (non-hydrogen) atoms. The number of benzene rings is 1. The molecule has 1 unspecified atom stereocenters. The van der Waals surface area contributed by atoms with Crippen LogP contribution in [0.4, 0.5) is 13.2 Å². The van der Waals surface area contributed by atoms with Gasteiger partial charge >= 0.3 is 12.1 Å². The zero-order chi connectivity index (χ0) is 19.0. The van der Waals surface area contributed by atoms with E-state index in [1.165, 1.54) is 13.2 Å². The number of hydrogen-bond acceptors (Lipinski definition) is 4. The molecule has 0 N–H and O–H groups in total. The number of rotatable bonds is 4. The molecule has 0 aliphatic carbocycles. The normalized spacial score (nSPS) is 12.1. The number of carbonyl (C=O) groups is 1. The third-order valence-corrected chi connectivity index (χ3v) is 4.93. The van der Waals surface area contributed by atoms with Crippen molar-refractivity contribution in [2.45, 2.75) is 16.4 Å². The first-order valence-corrected chi connectivity index (χ1v) is 9.83. The molecule has 1 aromatic carbocycles. The Morgan fingerprint density at radius 3 is 2.40 bits per heavy atom. The zero-order valence-corrected chi connectivity index (χ0v) is 16.8. The predicted octanol–water partition coefficient (Wildman–Crippen LogP) is 4.92.